The largest absolute Gasteiger partial charge is 0.350 e. The molecule has 0 fully saturated rings. The molecule has 2 aromatic heterocycles. The van der Waals surface area contributed by atoms with Gasteiger partial charge in [-0.05, 0) is 18.2 Å². The summed E-state index contributed by atoms with van der Waals surface area (Å²) in [6.07, 6.45) is 1.80. The van der Waals surface area contributed by atoms with Crippen LogP contribution in [0.2, 0.25) is 0 Å². The van der Waals surface area contributed by atoms with Gasteiger partial charge >= 0.3 is 5.69 Å². The van der Waals surface area contributed by atoms with Gasteiger partial charge in [-0.15, -0.1) is 12.4 Å². The Morgan fingerprint density at radius 1 is 1.39 bits per heavy atom. The number of hydrogen-bond donors (Lipinski definition) is 2. The third-order valence-electron chi connectivity index (χ3n) is 2.71. The number of halogens is 2. The zero-order valence-electron chi connectivity index (χ0n) is 9.40. The fourth-order valence-electron chi connectivity index (χ4n) is 1.95. The highest BCUT2D eigenvalue weighted by atomic mass is 35.5. The molecule has 5 nitrogen and oxygen atoms in total. The molecule has 0 radical (unpaired) electrons. The average molecular weight is 269 g/mol. The molecule has 18 heavy (non-hydrogen) atoms. The number of aryl methyl sites for hydroxylation is 1. The van der Waals surface area contributed by atoms with Crippen LogP contribution in [0.4, 0.5) is 4.39 Å². The van der Waals surface area contributed by atoms with Crippen LogP contribution in [0.25, 0.3) is 22.3 Å². The van der Waals surface area contributed by atoms with Gasteiger partial charge in [0, 0.05) is 29.7 Å². The van der Waals surface area contributed by atoms with Gasteiger partial charge in [-0.25, -0.2) is 14.3 Å². The number of benzene rings is 1. The molecular weight excluding hydrogens is 259 g/mol. The first-order valence-electron chi connectivity index (χ1n) is 5.05. The Hall–Kier alpha value is -2.08. The quantitative estimate of drug-likeness (QED) is 0.707. The molecule has 1 aromatic carbocycles. The Morgan fingerprint density at radius 2 is 2.17 bits per heavy atom. The van der Waals surface area contributed by atoms with Crippen molar-refractivity contribution >= 4 is 23.3 Å². The van der Waals surface area contributed by atoms with Crippen LogP contribution in [0.5, 0.6) is 0 Å². The summed E-state index contributed by atoms with van der Waals surface area (Å²) >= 11 is 0. The van der Waals surface area contributed by atoms with Crippen LogP contribution in [0.15, 0.2) is 29.2 Å². The van der Waals surface area contributed by atoms with E-state index in [-0.39, 0.29) is 23.9 Å². The van der Waals surface area contributed by atoms with Gasteiger partial charge in [0.2, 0.25) is 0 Å². The van der Waals surface area contributed by atoms with E-state index in [2.05, 4.69) is 15.2 Å². The molecule has 7 heteroatoms. The molecule has 94 valence electrons. The lowest BCUT2D eigenvalue weighted by Gasteiger charge is -1.95. The molecule has 0 saturated heterocycles. The Bertz CT molecular complexity index is 758. The van der Waals surface area contributed by atoms with Crippen LogP contribution in [-0.2, 0) is 7.05 Å². The summed E-state index contributed by atoms with van der Waals surface area (Å²) in [7, 11) is 1.86. The van der Waals surface area contributed by atoms with Gasteiger partial charge in [0.25, 0.3) is 0 Å². The summed E-state index contributed by atoms with van der Waals surface area (Å²) in [5, 5.41) is 6.86. The molecular formula is C11H10ClFN4O. The lowest BCUT2D eigenvalue weighted by molar-refractivity contribution is 0.629. The lowest BCUT2D eigenvalue weighted by atomic mass is 10.1. The molecule has 2 heterocycles. The maximum absolute atomic E-state index is 13.2. The highest BCUT2D eigenvalue weighted by Crippen LogP contribution is 2.27. The smallest absolute Gasteiger partial charge is 0.340 e. The first-order valence-corrected chi connectivity index (χ1v) is 5.05. The molecule has 0 unspecified atom stereocenters. The van der Waals surface area contributed by atoms with E-state index >= 15 is 0 Å². The van der Waals surface area contributed by atoms with Gasteiger partial charge in [0.1, 0.15) is 5.82 Å². The van der Waals surface area contributed by atoms with Crippen molar-refractivity contribution in [3.63, 3.8) is 0 Å². The van der Waals surface area contributed by atoms with Gasteiger partial charge in [0.15, 0.2) is 5.82 Å². The topological polar surface area (TPSA) is 66.5 Å². The normalized spacial score (nSPS) is 10.6. The van der Waals surface area contributed by atoms with E-state index in [1.54, 1.807) is 12.3 Å². The van der Waals surface area contributed by atoms with Crippen LogP contribution >= 0.6 is 12.4 Å². The predicted molar refractivity (Wildman–Crippen MR) is 68.3 cm³/mol. The van der Waals surface area contributed by atoms with Crippen molar-refractivity contribution in [3.8, 4) is 11.4 Å². The summed E-state index contributed by atoms with van der Waals surface area (Å²) in [4.78, 5) is 13.6. The minimum atomic E-state index is -0.381. The zero-order chi connectivity index (χ0) is 12.0. The van der Waals surface area contributed by atoms with Gasteiger partial charge in [0.05, 0.1) is 0 Å². The van der Waals surface area contributed by atoms with Gasteiger partial charge < -0.3 is 4.57 Å². The minimum Gasteiger partial charge on any atom is -0.350 e. The average Bonchev–Trinajstić information content (AvgIpc) is 2.83. The number of nitrogens with zero attached hydrogens (tertiary/aromatic N) is 2. The van der Waals surface area contributed by atoms with Crippen molar-refractivity contribution in [3.05, 3.63) is 40.7 Å². The maximum atomic E-state index is 13.2. The molecule has 0 bridgehead atoms. The summed E-state index contributed by atoms with van der Waals surface area (Å²) in [6.45, 7) is 0. The molecule has 0 atom stereocenters. The number of aromatic nitrogens is 4. The molecule has 0 amide bonds. The van der Waals surface area contributed by atoms with Crippen LogP contribution in [-0.4, -0.2) is 19.7 Å². The van der Waals surface area contributed by atoms with Crippen LogP contribution < -0.4 is 5.69 Å². The zero-order valence-corrected chi connectivity index (χ0v) is 10.2. The van der Waals surface area contributed by atoms with Crippen LogP contribution in [0.3, 0.4) is 0 Å². The molecule has 0 saturated carbocycles. The number of aromatic amines is 2. The first-order chi connectivity index (χ1) is 8.15. The van der Waals surface area contributed by atoms with E-state index in [0.717, 1.165) is 10.9 Å². The lowest BCUT2D eigenvalue weighted by Crippen LogP contribution is -2.00. The predicted octanol–water partition coefficient (Wildman–Crippen LogP) is 1.82. The maximum Gasteiger partial charge on any atom is 0.340 e. The number of nitrogens with one attached hydrogen (secondary N) is 2. The Kier molecular flexibility index (Phi) is 2.96. The number of fused-ring (bicyclic) bond motifs is 1. The number of hydrogen-bond acceptors (Lipinski definition) is 2. The monoisotopic (exact) mass is 268 g/mol. The van der Waals surface area contributed by atoms with Gasteiger partial charge in [-0.3, -0.25) is 4.98 Å². The fourth-order valence-corrected chi connectivity index (χ4v) is 1.95. The first kappa shape index (κ1) is 12.4. The second-order valence-electron chi connectivity index (χ2n) is 3.84. The molecule has 0 spiro atoms. The highest BCUT2D eigenvalue weighted by Gasteiger charge is 2.12. The SMILES string of the molecule is Cl.Cn1cc(-c2n[nH]c(=O)[nH]2)c2cc(F)ccc21. The van der Waals surface area contributed by atoms with Crippen molar-refractivity contribution in [2.75, 3.05) is 0 Å². The summed E-state index contributed by atoms with van der Waals surface area (Å²) in [5.74, 6) is 0.0917. The van der Waals surface area contributed by atoms with Crippen molar-refractivity contribution < 1.29 is 4.39 Å². The van der Waals surface area contributed by atoms with Crippen LogP contribution in [0, 0.1) is 5.82 Å². The molecule has 3 rings (SSSR count). The van der Waals surface area contributed by atoms with E-state index < -0.39 is 0 Å². The summed E-state index contributed by atoms with van der Waals surface area (Å²) in [5.41, 5.74) is 1.19. The second kappa shape index (κ2) is 4.30. The van der Waals surface area contributed by atoms with E-state index in [1.165, 1.54) is 12.1 Å². The van der Waals surface area contributed by atoms with E-state index in [4.69, 9.17) is 0 Å². The summed E-state index contributed by atoms with van der Waals surface area (Å²) < 4.78 is 15.1. The molecule has 0 aliphatic rings. The van der Waals surface area contributed by atoms with E-state index in [9.17, 15) is 9.18 Å². The summed E-state index contributed by atoms with van der Waals surface area (Å²) in [6, 6.07) is 4.52. The minimum absolute atomic E-state index is 0. The highest BCUT2D eigenvalue weighted by molar-refractivity contribution is 5.94. The van der Waals surface area contributed by atoms with Crippen molar-refractivity contribution in [1.82, 2.24) is 19.7 Å². The number of rotatable bonds is 1. The molecule has 0 aliphatic carbocycles. The van der Waals surface area contributed by atoms with Crippen molar-refractivity contribution in [1.29, 1.82) is 0 Å². The van der Waals surface area contributed by atoms with Crippen molar-refractivity contribution in [2.45, 2.75) is 0 Å². The van der Waals surface area contributed by atoms with E-state index in [0.29, 0.717) is 11.4 Å². The third-order valence-corrected chi connectivity index (χ3v) is 2.71. The van der Waals surface area contributed by atoms with Crippen LogP contribution in [0.1, 0.15) is 0 Å². The Morgan fingerprint density at radius 3 is 2.83 bits per heavy atom. The third kappa shape index (κ3) is 1.80. The fraction of sp³-hybridized carbons (Fsp3) is 0.0909. The molecule has 0 aliphatic heterocycles. The van der Waals surface area contributed by atoms with E-state index in [1.807, 2.05) is 11.6 Å². The van der Waals surface area contributed by atoms with Crippen molar-refractivity contribution in [2.24, 2.45) is 7.05 Å². The standard InChI is InChI=1S/C11H9FN4O.ClH/c1-16-5-8(10-13-11(17)15-14-10)7-4-6(12)2-3-9(7)16;/h2-5H,1H3,(H2,13,14,15,17);1H. The van der Waals surface area contributed by atoms with Gasteiger partial charge in [-0.1, -0.05) is 0 Å². The Labute approximate surface area is 107 Å². The van der Waals surface area contributed by atoms with Gasteiger partial charge in [-0.2, -0.15) is 5.10 Å². The second-order valence-corrected chi connectivity index (χ2v) is 3.84. The Balaban J connectivity index is 0.00000120. The number of H-pyrrole nitrogens is 2. The molecule has 3 aromatic rings. The molecule has 2 N–H and O–H groups in total.